The van der Waals surface area contributed by atoms with Gasteiger partial charge in [0.2, 0.25) is 0 Å². The van der Waals surface area contributed by atoms with Crippen LogP contribution in [0, 0.1) is 0 Å². The highest BCUT2D eigenvalue weighted by atomic mass is 19.4. The molecule has 4 rings (SSSR count). The maximum Gasteiger partial charge on any atom is 0.416 e. The molecule has 0 unspecified atom stereocenters. The smallest absolute Gasteiger partial charge is 0.416 e. The number of furan rings is 1. The third-order valence-electron chi connectivity index (χ3n) is 4.61. The number of halogens is 3. The van der Waals surface area contributed by atoms with Crippen LogP contribution in [-0.4, -0.2) is 36.4 Å². The topological polar surface area (TPSA) is 59.7 Å². The fourth-order valence-corrected chi connectivity index (χ4v) is 3.18. The van der Waals surface area contributed by atoms with Gasteiger partial charge in [-0.25, -0.2) is 0 Å². The van der Waals surface area contributed by atoms with Crippen LogP contribution in [0.2, 0.25) is 0 Å². The van der Waals surface area contributed by atoms with Gasteiger partial charge in [0.1, 0.15) is 0 Å². The van der Waals surface area contributed by atoms with E-state index in [9.17, 15) is 13.2 Å². The highest BCUT2D eigenvalue weighted by Gasteiger charge is 2.31. The van der Waals surface area contributed by atoms with Gasteiger partial charge in [0.05, 0.1) is 38.0 Å². The first-order valence-corrected chi connectivity index (χ1v) is 8.61. The molecule has 1 N–H and O–H groups in total. The maximum absolute atomic E-state index is 12.9. The number of nitrogens with zero attached hydrogens (tertiary/aromatic N) is 3. The molecule has 1 aromatic carbocycles. The Bertz CT molecular complexity index is 884. The van der Waals surface area contributed by atoms with Crippen LogP contribution in [0.15, 0.2) is 51.5 Å². The standard InChI is InChI=1S/C18H17F3N4O2/c19-18(20,21)13-3-1-4-14(11-13)25-8-6-24(7-9-25)12-16-22-23-17(27-16)15-5-2-10-26-15/h1-5,10-11H,6-9,12H2/p+1. The van der Waals surface area contributed by atoms with Crippen LogP contribution in [0.5, 0.6) is 0 Å². The lowest BCUT2D eigenvalue weighted by atomic mass is 10.1. The summed E-state index contributed by atoms with van der Waals surface area (Å²) < 4.78 is 49.5. The van der Waals surface area contributed by atoms with E-state index in [1.807, 2.05) is 4.90 Å². The van der Waals surface area contributed by atoms with Crippen LogP contribution in [0.4, 0.5) is 18.9 Å². The molecule has 3 heterocycles. The normalized spacial score (nSPS) is 16.0. The molecule has 0 atom stereocenters. The number of piperazine rings is 1. The van der Waals surface area contributed by atoms with Gasteiger partial charge < -0.3 is 18.6 Å². The van der Waals surface area contributed by atoms with E-state index in [-0.39, 0.29) is 0 Å². The first kappa shape index (κ1) is 17.6. The second-order valence-corrected chi connectivity index (χ2v) is 6.44. The van der Waals surface area contributed by atoms with Crippen LogP contribution in [-0.2, 0) is 12.7 Å². The Morgan fingerprint density at radius 2 is 1.89 bits per heavy atom. The lowest BCUT2D eigenvalue weighted by Gasteiger charge is -2.33. The largest absolute Gasteiger partial charge is 0.459 e. The van der Waals surface area contributed by atoms with Crippen molar-refractivity contribution in [3.63, 3.8) is 0 Å². The fraction of sp³-hybridized carbons (Fsp3) is 0.333. The summed E-state index contributed by atoms with van der Waals surface area (Å²) in [5.74, 6) is 1.39. The van der Waals surface area contributed by atoms with Crippen LogP contribution in [0.25, 0.3) is 11.7 Å². The van der Waals surface area contributed by atoms with Crippen molar-refractivity contribution in [2.75, 3.05) is 31.1 Å². The number of aromatic nitrogens is 2. The van der Waals surface area contributed by atoms with Crippen molar-refractivity contribution in [2.45, 2.75) is 12.7 Å². The van der Waals surface area contributed by atoms with Gasteiger partial charge in [0.25, 0.3) is 11.8 Å². The van der Waals surface area contributed by atoms with Crippen molar-refractivity contribution in [3.05, 3.63) is 54.1 Å². The van der Waals surface area contributed by atoms with Gasteiger partial charge in [0.15, 0.2) is 12.3 Å². The van der Waals surface area contributed by atoms with Crippen LogP contribution in [0.1, 0.15) is 11.5 Å². The lowest BCUT2D eigenvalue weighted by Crippen LogP contribution is -3.13. The Balaban J connectivity index is 1.36. The van der Waals surface area contributed by atoms with Gasteiger partial charge in [-0.3, -0.25) is 0 Å². The zero-order valence-corrected chi connectivity index (χ0v) is 14.4. The summed E-state index contributed by atoms with van der Waals surface area (Å²) in [7, 11) is 0. The average Bonchev–Trinajstić information content (AvgIpc) is 3.33. The summed E-state index contributed by atoms with van der Waals surface area (Å²) in [6.07, 6.45) is -2.79. The minimum Gasteiger partial charge on any atom is -0.459 e. The van der Waals surface area contributed by atoms with E-state index in [0.29, 0.717) is 42.9 Å². The summed E-state index contributed by atoms with van der Waals surface area (Å²) in [4.78, 5) is 3.22. The van der Waals surface area contributed by atoms with Gasteiger partial charge in [0, 0.05) is 5.69 Å². The number of hydrogen-bond acceptors (Lipinski definition) is 5. The molecule has 9 heteroatoms. The van der Waals surface area contributed by atoms with Crippen molar-refractivity contribution < 1.29 is 26.9 Å². The molecule has 0 aliphatic carbocycles. The van der Waals surface area contributed by atoms with Crippen molar-refractivity contribution in [3.8, 4) is 11.7 Å². The maximum atomic E-state index is 12.9. The molecule has 1 saturated heterocycles. The first-order valence-electron chi connectivity index (χ1n) is 8.61. The lowest BCUT2D eigenvalue weighted by molar-refractivity contribution is -0.915. The predicted octanol–water partition coefficient (Wildman–Crippen LogP) is 2.25. The molecular formula is C18H18F3N4O2+. The number of anilines is 1. The Morgan fingerprint density at radius 3 is 2.59 bits per heavy atom. The summed E-state index contributed by atoms with van der Waals surface area (Å²) in [5.41, 5.74) is -0.0205. The first-order chi connectivity index (χ1) is 13.0. The SMILES string of the molecule is FC(F)(F)c1cccc(N2CC[NH+](Cc3nnc(-c4ccco4)o3)CC2)c1. The van der Waals surface area contributed by atoms with Crippen molar-refractivity contribution >= 4 is 5.69 Å². The van der Waals surface area contributed by atoms with E-state index in [4.69, 9.17) is 8.83 Å². The Hall–Kier alpha value is -2.81. The fourth-order valence-electron chi connectivity index (χ4n) is 3.18. The number of benzene rings is 1. The molecule has 1 aliphatic heterocycles. The third-order valence-corrected chi connectivity index (χ3v) is 4.61. The number of alkyl halides is 3. The van der Waals surface area contributed by atoms with Gasteiger partial charge >= 0.3 is 6.18 Å². The quantitative estimate of drug-likeness (QED) is 0.754. The predicted molar refractivity (Wildman–Crippen MR) is 90.1 cm³/mol. The highest BCUT2D eigenvalue weighted by Crippen LogP contribution is 2.31. The molecule has 142 valence electrons. The molecule has 1 aliphatic rings. The van der Waals surface area contributed by atoms with Crippen molar-refractivity contribution in [2.24, 2.45) is 0 Å². The molecule has 3 aromatic rings. The van der Waals surface area contributed by atoms with E-state index < -0.39 is 11.7 Å². The number of quaternary nitrogens is 1. The second kappa shape index (κ2) is 7.07. The second-order valence-electron chi connectivity index (χ2n) is 6.44. The molecule has 6 nitrogen and oxygen atoms in total. The number of hydrogen-bond donors (Lipinski definition) is 1. The Labute approximate surface area is 153 Å². The molecule has 0 amide bonds. The summed E-state index contributed by atoms with van der Waals surface area (Å²) in [6.45, 7) is 3.44. The molecule has 0 bridgehead atoms. The highest BCUT2D eigenvalue weighted by molar-refractivity contribution is 5.49. The molecule has 1 fully saturated rings. The van der Waals surface area contributed by atoms with E-state index >= 15 is 0 Å². The molecule has 2 aromatic heterocycles. The molecule has 0 spiro atoms. The molecule has 0 radical (unpaired) electrons. The minimum absolute atomic E-state index is 0.344. The van der Waals surface area contributed by atoms with E-state index in [0.717, 1.165) is 19.2 Å². The monoisotopic (exact) mass is 379 g/mol. The van der Waals surface area contributed by atoms with Gasteiger partial charge in [-0.2, -0.15) is 13.2 Å². The van der Waals surface area contributed by atoms with Gasteiger partial charge in [-0.15, -0.1) is 10.2 Å². The summed E-state index contributed by atoms with van der Waals surface area (Å²) in [6, 6.07) is 8.96. The zero-order chi connectivity index (χ0) is 18.9. The average molecular weight is 379 g/mol. The third kappa shape index (κ3) is 3.97. The van der Waals surface area contributed by atoms with Gasteiger partial charge in [-0.1, -0.05) is 6.07 Å². The van der Waals surface area contributed by atoms with Crippen molar-refractivity contribution in [1.29, 1.82) is 0 Å². The Kier molecular flexibility index (Phi) is 4.61. The number of nitrogens with one attached hydrogen (secondary N) is 1. The molecule has 0 saturated carbocycles. The molecular weight excluding hydrogens is 361 g/mol. The Morgan fingerprint density at radius 1 is 1.07 bits per heavy atom. The van der Waals surface area contributed by atoms with Crippen LogP contribution >= 0.6 is 0 Å². The van der Waals surface area contributed by atoms with Crippen LogP contribution in [0.3, 0.4) is 0 Å². The van der Waals surface area contributed by atoms with Crippen molar-refractivity contribution in [1.82, 2.24) is 10.2 Å². The van der Waals surface area contributed by atoms with E-state index in [2.05, 4.69) is 10.2 Å². The summed E-state index contributed by atoms with van der Waals surface area (Å²) in [5, 5.41) is 8.02. The number of rotatable bonds is 4. The van der Waals surface area contributed by atoms with Crippen LogP contribution < -0.4 is 9.80 Å². The van der Waals surface area contributed by atoms with Gasteiger partial charge in [-0.05, 0) is 30.3 Å². The molecule has 27 heavy (non-hydrogen) atoms. The van der Waals surface area contributed by atoms with E-state index in [1.54, 1.807) is 18.2 Å². The summed E-state index contributed by atoms with van der Waals surface area (Å²) >= 11 is 0. The van der Waals surface area contributed by atoms with E-state index in [1.165, 1.54) is 23.3 Å². The zero-order valence-electron chi connectivity index (χ0n) is 14.4. The minimum atomic E-state index is -4.33.